The van der Waals surface area contributed by atoms with E-state index < -0.39 is 10.0 Å². The van der Waals surface area contributed by atoms with Crippen LogP contribution in [0.4, 0.5) is 4.39 Å². The zero-order valence-electron chi connectivity index (χ0n) is 7.37. The minimum Gasteiger partial charge on any atom is -0.251 e. The zero-order valence-corrected chi connectivity index (χ0v) is 8.19. The Labute approximate surface area is 78.1 Å². The number of sulfonamides is 1. The fraction of sp³-hybridized carbons (Fsp3) is 0.750. The maximum absolute atomic E-state index is 12.0. The lowest BCUT2D eigenvalue weighted by Crippen LogP contribution is -2.35. The number of nitrogens with one attached hydrogen (secondary N) is 1. The molecule has 0 amide bonds. The highest BCUT2D eigenvalue weighted by atomic mass is 32.2. The quantitative estimate of drug-likeness (QED) is 0.732. The van der Waals surface area contributed by atoms with Crippen molar-refractivity contribution in [1.29, 1.82) is 0 Å². The molecule has 76 valence electrons. The highest BCUT2D eigenvalue weighted by molar-refractivity contribution is 7.92. The molecule has 3 nitrogen and oxygen atoms in total. The van der Waals surface area contributed by atoms with Crippen molar-refractivity contribution in [2.75, 3.05) is 13.2 Å². The van der Waals surface area contributed by atoms with Crippen molar-refractivity contribution in [1.82, 2.24) is 4.72 Å². The van der Waals surface area contributed by atoms with Crippen LogP contribution >= 0.6 is 0 Å². The molecule has 1 rings (SSSR count). The van der Waals surface area contributed by atoms with Gasteiger partial charge in [0.15, 0.2) is 0 Å². The van der Waals surface area contributed by atoms with Crippen molar-refractivity contribution in [3.63, 3.8) is 0 Å². The molecule has 5 heteroatoms. The van der Waals surface area contributed by atoms with E-state index in [1.54, 1.807) is 0 Å². The first kappa shape index (κ1) is 10.7. The normalized spacial score (nSPS) is 28.1. The molecule has 1 fully saturated rings. The van der Waals surface area contributed by atoms with Crippen LogP contribution in [-0.2, 0) is 10.0 Å². The molecule has 0 aromatic rings. The number of rotatable bonds is 5. The Morgan fingerprint density at radius 1 is 1.46 bits per heavy atom. The summed E-state index contributed by atoms with van der Waals surface area (Å²) in [7, 11) is -3.29. The fourth-order valence-corrected chi connectivity index (χ4v) is 2.05. The molecule has 1 N–H and O–H groups in total. The summed E-state index contributed by atoms with van der Waals surface area (Å²) in [5, 5.41) is 0.887. The van der Waals surface area contributed by atoms with Crippen LogP contribution in [0.1, 0.15) is 12.8 Å². The number of hydrogen-bond acceptors (Lipinski definition) is 2. The summed E-state index contributed by atoms with van der Waals surface area (Å²) >= 11 is 0. The lowest BCUT2D eigenvalue weighted by molar-refractivity contribution is 0.158. The van der Waals surface area contributed by atoms with E-state index in [0.717, 1.165) is 18.2 Å². The van der Waals surface area contributed by atoms with Crippen LogP contribution < -0.4 is 4.72 Å². The predicted molar refractivity (Wildman–Crippen MR) is 49.3 cm³/mol. The molecule has 1 aliphatic rings. The van der Waals surface area contributed by atoms with Crippen LogP contribution in [0.2, 0.25) is 0 Å². The van der Waals surface area contributed by atoms with Crippen molar-refractivity contribution in [2.24, 2.45) is 11.8 Å². The van der Waals surface area contributed by atoms with Gasteiger partial charge < -0.3 is 0 Å². The molecule has 0 atom stereocenters. The molecule has 0 unspecified atom stereocenters. The first-order valence-electron chi connectivity index (χ1n) is 4.25. The Bertz CT molecular complexity index is 270. The Morgan fingerprint density at radius 2 is 2.08 bits per heavy atom. The van der Waals surface area contributed by atoms with Gasteiger partial charge in [-0.1, -0.05) is 6.58 Å². The van der Waals surface area contributed by atoms with E-state index in [9.17, 15) is 12.8 Å². The second-order valence-electron chi connectivity index (χ2n) is 3.42. The molecule has 0 saturated heterocycles. The molecule has 0 spiro atoms. The maximum atomic E-state index is 12.0. The third-order valence-corrected chi connectivity index (χ3v) is 3.35. The maximum Gasteiger partial charge on any atom is 0.233 e. The summed E-state index contributed by atoms with van der Waals surface area (Å²) in [5.41, 5.74) is 0. The molecule has 0 aromatic heterocycles. The van der Waals surface area contributed by atoms with E-state index >= 15 is 0 Å². The van der Waals surface area contributed by atoms with Gasteiger partial charge in [0.2, 0.25) is 10.0 Å². The average Bonchev–Trinajstić information content (AvgIpc) is 2.02. The van der Waals surface area contributed by atoms with Crippen LogP contribution in [0, 0.1) is 11.8 Å². The molecule has 0 bridgehead atoms. The molecule has 13 heavy (non-hydrogen) atoms. The number of alkyl halides is 1. The van der Waals surface area contributed by atoms with Crippen LogP contribution in [0.15, 0.2) is 12.0 Å². The Kier molecular flexibility index (Phi) is 3.44. The van der Waals surface area contributed by atoms with Crippen LogP contribution in [0.25, 0.3) is 0 Å². The zero-order chi connectivity index (χ0) is 9.90. The molecular formula is C8H14FNO2S. The molecule has 0 radical (unpaired) electrons. The van der Waals surface area contributed by atoms with Gasteiger partial charge in [-0.2, -0.15) is 0 Å². The largest absolute Gasteiger partial charge is 0.251 e. The summed E-state index contributed by atoms with van der Waals surface area (Å²) in [6.07, 6.45) is 1.58. The van der Waals surface area contributed by atoms with Crippen molar-refractivity contribution >= 4 is 10.0 Å². The van der Waals surface area contributed by atoms with Gasteiger partial charge in [-0.3, -0.25) is 4.39 Å². The summed E-state index contributed by atoms with van der Waals surface area (Å²) in [5.74, 6) is 0.453. The fourth-order valence-electron chi connectivity index (χ4n) is 1.46. The Balaban J connectivity index is 2.19. The van der Waals surface area contributed by atoms with Crippen LogP contribution in [0.3, 0.4) is 0 Å². The third-order valence-electron chi connectivity index (χ3n) is 2.34. The van der Waals surface area contributed by atoms with Gasteiger partial charge in [-0.25, -0.2) is 13.1 Å². The predicted octanol–water partition coefficient (Wildman–Crippen LogP) is 1.04. The van der Waals surface area contributed by atoms with E-state index in [0.29, 0.717) is 12.5 Å². The van der Waals surface area contributed by atoms with Gasteiger partial charge in [-0.15, -0.1) is 0 Å². The van der Waals surface area contributed by atoms with Gasteiger partial charge in [-0.05, 0) is 24.7 Å². The van der Waals surface area contributed by atoms with E-state index in [4.69, 9.17) is 0 Å². The van der Waals surface area contributed by atoms with Gasteiger partial charge in [0, 0.05) is 12.0 Å². The first-order valence-corrected chi connectivity index (χ1v) is 5.80. The third kappa shape index (κ3) is 3.08. The average molecular weight is 207 g/mol. The van der Waals surface area contributed by atoms with Gasteiger partial charge in [0.05, 0.1) is 6.67 Å². The van der Waals surface area contributed by atoms with Crippen molar-refractivity contribution < 1.29 is 12.8 Å². The summed E-state index contributed by atoms with van der Waals surface area (Å²) < 4.78 is 36.2. The van der Waals surface area contributed by atoms with Crippen LogP contribution in [-0.4, -0.2) is 21.6 Å². The minimum atomic E-state index is -3.29. The smallest absolute Gasteiger partial charge is 0.233 e. The van der Waals surface area contributed by atoms with E-state index in [1.807, 2.05) is 0 Å². The highest BCUT2D eigenvalue weighted by Gasteiger charge is 2.29. The summed E-state index contributed by atoms with van der Waals surface area (Å²) in [6.45, 7) is 3.30. The summed E-state index contributed by atoms with van der Waals surface area (Å²) in [4.78, 5) is 0. The summed E-state index contributed by atoms with van der Waals surface area (Å²) in [6, 6.07) is 0. The van der Waals surface area contributed by atoms with E-state index in [-0.39, 0.29) is 12.6 Å². The lowest BCUT2D eigenvalue weighted by Gasteiger charge is -2.33. The van der Waals surface area contributed by atoms with Gasteiger partial charge in [0.25, 0.3) is 0 Å². The van der Waals surface area contributed by atoms with Gasteiger partial charge in [0.1, 0.15) is 0 Å². The van der Waals surface area contributed by atoms with Crippen molar-refractivity contribution in [2.45, 2.75) is 12.8 Å². The molecule has 1 saturated carbocycles. The van der Waals surface area contributed by atoms with Gasteiger partial charge >= 0.3 is 0 Å². The standard InChI is InChI=1S/C8H14FNO2S/c1-2-13(11,12)10-6-8-3-7(4-8)5-9/h2,7-8,10H,1,3-6H2. The van der Waals surface area contributed by atoms with Crippen molar-refractivity contribution in [3.05, 3.63) is 12.0 Å². The molecule has 0 aliphatic heterocycles. The first-order chi connectivity index (χ1) is 6.07. The van der Waals surface area contributed by atoms with Crippen molar-refractivity contribution in [3.8, 4) is 0 Å². The number of hydrogen-bond donors (Lipinski definition) is 1. The number of halogens is 1. The van der Waals surface area contributed by atoms with E-state index in [2.05, 4.69) is 11.3 Å². The Morgan fingerprint density at radius 3 is 2.54 bits per heavy atom. The van der Waals surface area contributed by atoms with E-state index in [1.165, 1.54) is 0 Å². The minimum absolute atomic E-state index is 0.151. The monoisotopic (exact) mass is 207 g/mol. The Hall–Kier alpha value is -0.420. The van der Waals surface area contributed by atoms with Crippen LogP contribution in [0.5, 0.6) is 0 Å². The lowest BCUT2D eigenvalue weighted by atomic mass is 9.76. The SMILES string of the molecule is C=CS(=O)(=O)NCC1CC(CF)C1. The molecular weight excluding hydrogens is 193 g/mol. The molecule has 0 heterocycles. The second-order valence-corrected chi connectivity index (χ2v) is 5.13. The molecule has 0 aromatic carbocycles. The second kappa shape index (κ2) is 4.19. The molecule has 1 aliphatic carbocycles. The topological polar surface area (TPSA) is 46.2 Å². The highest BCUT2D eigenvalue weighted by Crippen LogP contribution is 2.33.